The van der Waals surface area contributed by atoms with Gasteiger partial charge in [0.15, 0.2) is 0 Å². The fourth-order valence-electron chi connectivity index (χ4n) is 2.66. The molecule has 0 radical (unpaired) electrons. The summed E-state index contributed by atoms with van der Waals surface area (Å²) in [5, 5.41) is 19.2. The number of amides is 1. The first kappa shape index (κ1) is 16.9. The van der Waals surface area contributed by atoms with E-state index in [4.69, 9.17) is 4.74 Å². The molecule has 1 unspecified atom stereocenters. The van der Waals surface area contributed by atoms with Gasteiger partial charge < -0.3 is 15.2 Å². The number of benzene rings is 1. The Balaban J connectivity index is 1.69. The number of fused-ring (bicyclic) bond motifs is 1. The Hall–Kier alpha value is -1.99. The number of hydrogen-bond donors (Lipinski definition) is 3. The van der Waals surface area contributed by atoms with Crippen LogP contribution in [-0.2, 0) is 6.42 Å². The zero-order chi connectivity index (χ0) is 16.9. The third kappa shape index (κ3) is 3.73. The van der Waals surface area contributed by atoms with Crippen LogP contribution in [0.2, 0.25) is 0 Å². The number of nitrogens with zero attached hydrogens (tertiary/aromatic N) is 1. The summed E-state index contributed by atoms with van der Waals surface area (Å²) in [7, 11) is 0. The van der Waals surface area contributed by atoms with Crippen molar-refractivity contribution in [2.75, 3.05) is 25.2 Å². The molecular formula is C17H21N3O3S. The molecule has 128 valence electrons. The first-order chi connectivity index (χ1) is 11.7. The number of aromatic nitrogens is 2. The van der Waals surface area contributed by atoms with E-state index in [1.807, 2.05) is 18.4 Å². The van der Waals surface area contributed by atoms with Crippen LogP contribution in [0.3, 0.4) is 0 Å². The number of carbonyl (C=O) groups excluding carboxylic acids is 1. The van der Waals surface area contributed by atoms with E-state index < -0.39 is 0 Å². The van der Waals surface area contributed by atoms with Crippen LogP contribution in [-0.4, -0.2) is 52.5 Å². The van der Waals surface area contributed by atoms with E-state index in [1.165, 1.54) is 5.56 Å². The minimum atomic E-state index is -0.251. The van der Waals surface area contributed by atoms with E-state index >= 15 is 0 Å². The van der Waals surface area contributed by atoms with E-state index in [0.29, 0.717) is 12.3 Å². The summed E-state index contributed by atoms with van der Waals surface area (Å²) < 4.78 is 5.50. The van der Waals surface area contributed by atoms with Gasteiger partial charge in [0.25, 0.3) is 5.91 Å². The molecular weight excluding hydrogens is 326 g/mol. The summed E-state index contributed by atoms with van der Waals surface area (Å²) in [5.74, 6) is 1.56. The molecule has 3 N–H and O–H groups in total. The van der Waals surface area contributed by atoms with Gasteiger partial charge in [-0.25, -0.2) is 0 Å². The van der Waals surface area contributed by atoms with Crippen LogP contribution in [0, 0.1) is 0 Å². The fraction of sp³-hybridized carbons (Fsp3) is 0.412. The number of rotatable bonds is 7. The lowest BCUT2D eigenvalue weighted by Gasteiger charge is -2.14. The highest BCUT2D eigenvalue weighted by Gasteiger charge is 2.17. The fourth-order valence-corrected chi connectivity index (χ4v) is 3.18. The second kappa shape index (κ2) is 7.72. The predicted octanol–water partition coefficient (Wildman–Crippen LogP) is 1.86. The molecule has 1 aliphatic heterocycles. The van der Waals surface area contributed by atoms with Crippen LogP contribution in [0.4, 0.5) is 0 Å². The molecule has 24 heavy (non-hydrogen) atoms. The van der Waals surface area contributed by atoms with Gasteiger partial charge in [-0.05, 0) is 48.3 Å². The van der Waals surface area contributed by atoms with E-state index in [0.717, 1.165) is 35.6 Å². The van der Waals surface area contributed by atoms with Crippen molar-refractivity contribution in [1.29, 1.82) is 0 Å². The number of thioether (sulfide) groups is 1. The van der Waals surface area contributed by atoms with Crippen LogP contribution in [0.5, 0.6) is 5.75 Å². The highest BCUT2D eigenvalue weighted by Crippen LogP contribution is 2.29. The van der Waals surface area contributed by atoms with Gasteiger partial charge in [0.1, 0.15) is 11.4 Å². The molecule has 6 nitrogen and oxygen atoms in total. The van der Waals surface area contributed by atoms with E-state index in [9.17, 15) is 9.90 Å². The van der Waals surface area contributed by atoms with Crippen molar-refractivity contribution in [2.45, 2.75) is 18.9 Å². The number of carbonyl (C=O) groups is 1. The first-order valence-corrected chi connectivity index (χ1v) is 9.33. The van der Waals surface area contributed by atoms with Gasteiger partial charge in [0.05, 0.1) is 24.9 Å². The third-order valence-corrected chi connectivity index (χ3v) is 4.68. The lowest BCUT2D eigenvalue weighted by atomic mass is 10.1. The minimum Gasteiger partial charge on any atom is -0.493 e. The number of ether oxygens (including phenoxy) is 1. The standard InChI is InChI=1S/C17H21N3O3S/c1-24-7-5-13(10-21)18-17(22)15-9-14(19-20-15)11-2-3-16-12(8-11)4-6-23-16/h2-3,8-9,13,21H,4-7,10H2,1H3,(H,18,22)(H,19,20). The second-order valence-corrected chi connectivity index (χ2v) is 6.71. The molecule has 1 aromatic carbocycles. The summed E-state index contributed by atoms with van der Waals surface area (Å²) in [4.78, 5) is 12.3. The second-order valence-electron chi connectivity index (χ2n) is 5.72. The van der Waals surface area contributed by atoms with Gasteiger partial charge >= 0.3 is 0 Å². The van der Waals surface area contributed by atoms with Crippen LogP contribution < -0.4 is 10.1 Å². The smallest absolute Gasteiger partial charge is 0.269 e. The number of aromatic amines is 1. The first-order valence-electron chi connectivity index (χ1n) is 7.93. The monoisotopic (exact) mass is 347 g/mol. The quantitative estimate of drug-likeness (QED) is 0.712. The van der Waals surface area contributed by atoms with Crippen LogP contribution in [0.25, 0.3) is 11.3 Å². The average Bonchev–Trinajstić information content (AvgIpc) is 3.26. The van der Waals surface area contributed by atoms with Gasteiger partial charge in [0.2, 0.25) is 0 Å². The molecule has 1 aromatic heterocycles. The molecule has 1 aliphatic rings. The zero-order valence-electron chi connectivity index (χ0n) is 13.5. The summed E-state index contributed by atoms with van der Waals surface area (Å²) in [6.45, 7) is 0.643. The van der Waals surface area contributed by atoms with Crippen molar-refractivity contribution < 1.29 is 14.6 Å². The van der Waals surface area contributed by atoms with Crippen molar-refractivity contribution >= 4 is 17.7 Å². The van der Waals surface area contributed by atoms with Crippen molar-refractivity contribution in [2.24, 2.45) is 0 Å². The molecule has 2 heterocycles. The van der Waals surface area contributed by atoms with Crippen LogP contribution >= 0.6 is 11.8 Å². The van der Waals surface area contributed by atoms with Crippen molar-refractivity contribution in [3.05, 3.63) is 35.5 Å². The molecule has 3 rings (SSSR count). The van der Waals surface area contributed by atoms with E-state index in [-0.39, 0.29) is 18.6 Å². The molecule has 0 aliphatic carbocycles. The number of hydrogen-bond acceptors (Lipinski definition) is 5. The third-order valence-electron chi connectivity index (χ3n) is 4.03. The normalized spacial score (nSPS) is 14.1. The number of aliphatic hydroxyl groups is 1. The van der Waals surface area contributed by atoms with Gasteiger partial charge in [0, 0.05) is 12.0 Å². The highest BCUT2D eigenvalue weighted by molar-refractivity contribution is 7.98. The largest absolute Gasteiger partial charge is 0.493 e. The van der Waals surface area contributed by atoms with E-state index in [1.54, 1.807) is 17.8 Å². The Bertz CT molecular complexity index is 717. The average molecular weight is 347 g/mol. The van der Waals surface area contributed by atoms with Crippen LogP contribution in [0.15, 0.2) is 24.3 Å². The highest BCUT2D eigenvalue weighted by atomic mass is 32.2. The Kier molecular flexibility index (Phi) is 5.42. The Morgan fingerprint density at radius 3 is 3.17 bits per heavy atom. The maximum absolute atomic E-state index is 12.3. The van der Waals surface area contributed by atoms with E-state index in [2.05, 4.69) is 21.6 Å². The topological polar surface area (TPSA) is 87.2 Å². The molecule has 0 fully saturated rings. The van der Waals surface area contributed by atoms with Crippen LogP contribution in [0.1, 0.15) is 22.5 Å². The summed E-state index contributed by atoms with van der Waals surface area (Å²) in [5.41, 5.74) is 3.23. The molecule has 1 amide bonds. The predicted molar refractivity (Wildman–Crippen MR) is 94.6 cm³/mol. The summed E-state index contributed by atoms with van der Waals surface area (Å²) in [6, 6.07) is 7.42. The lowest BCUT2D eigenvalue weighted by Crippen LogP contribution is -2.38. The van der Waals surface area contributed by atoms with Gasteiger partial charge in [-0.1, -0.05) is 0 Å². The summed E-state index contributed by atoms with van der Waals surface area (Å²) in [6.07, 6.45) is 3.63. The summed E-state index contributed by atoms with van der Waals surface area (Å²) >= 11 is 1.69. The molecule has 0 saturated heterocycles. The maximum Gasteiger partial charge on any atom is 0.269 e. The molecule has 0 spiro atoms. The Morgan fingerprint density at radius 2 is 2.38 bits per heavy atom. The number of nitrogens with one attached hydrogen (secondary N) is 2. The van der Waals surface area contributed by atoms with Gasteiger partial charge in [-0.15, -0.1) is 0 Å². The molecule has 7 heteroatoms. The zero-order valence-corrected chi connectivity index (χ0v) is 14.4. The lowest BCUT2D eigenvalue weighted by molar-refractivity contribution is 0.0910. The maximum atomic E-state index is 12.3. The number of aliphatic hydroxyl groups excluding tert-OH is 1. The van der Waals surface area contributed by atoms with Crippen molar-refractivity contribution in [3.8, 4) is 17.0 Å². The molecule has 1 atom stereocenters. The van der Waals surface area contributed by atoms with Gasteiger partial charge in [-0.3, -0.25) is 9.89 Å². The Morgan fingerprint density at radius 1 is 1.50 bits per heavy atom. The van der Waals surface area contributed by atoms with Gasteiger partial charge in [-0.2, -0.15) is 16.9 Å². The molecule has 2 aromatic rings. The van der Waals surface area contributed by atoms with Crippen molar-refractivity contribution in [3.63, 3.8) is 0 Å². The van der Waals surface area contributed by atoms with Crippen molar-refractivity contribution in [1.82, 2.24) is 15.5 Å². The number of H-pyrrole nitrogens is 1. The SMILES string of the molecule is CSCCC(CO)NC(=O)c1cc(-c2ccc3c(c2)CCO3)n[nH]1. The Labute approximate surface area is 145 Å². The minimum absolute atomic E-state index is 0.0713. The molecule has 0 saturated carbocycles. The molecule has 0 bridgehead atoms.